The Bertz CT molecular complexity index is 2260. The SMILES string of the molecule is COc1cc(-c2ccc(-[n+]3ccc(-c4cc[n+](-c5ccccc5)cc4)cc3)c(OC)c2)ccc1-[n+]1ccc(-c2cc[n+](-c3ccccc3)cc2)cc1. The number of aromatic nitrogens is 4. The van der Waals surface area contributed by atoms with E-state index in [-0.39, 0.29) is 0 Å². The molecule has 52 heavy (non-hydrogen) atoms. The fourth-order valence-corrected chi connectivity index (χ4v) is 6.48. The van der Waals surface area contributed by atoms with E-state index in [4.69, 9.17) is 9.47 Å². The molecule has 4 aromatic carbocycles. The van der Waals surface area contributed by atoms with Crippen LogP contribution in [0.2, 0.25) is 0 Å². The lowest BCUT2D eigenvalue weighted by atomic mass is 10.0. The molecule has 8 aromatic rings. The van der Waals surface area contributed by atoms with Crippen molar-refractivity contribution >= 4 is 0 Å². The van der Waals surface area contributed by atoms with Crippen LogP contribution in [0.15, 0.2) is 195 Å². The standard InChI is InChI=1S/C46H38N4O2/c1-51-45-33-39(13-15-43(45)49-29-21-37(22-30-49)35-17-25-47(26-18-35)41-9-5-3-6-10-41)40-14-16-44(46(34-40)52-2)50-31-23-38(24-32-50)36-19-27-48(28-20-36)42-11-7-4-8-12-42/h3-34H,1-2H3/q+4. The second kappa shape index (κ2) is 14.5. The van der Waals surface area contributed by atoms with Gasteiger partial charge in [-0.15, -0.1) is 0 Å². The van der Waals surface area contributed by atoms with Gasteiger partial charge in [0.15, 0.2) is 61.1 Å². The summed E-state index contributed by atoms with van der Waals surface area (Å²) < 4.78 is 20.2. The van der Waals surface area contributed by atoms with Gasteiger partial charge < -0.3 is 9.47 Å². The first-order valence-electron chi connectivity index (χ1n) is 17.2. The molecule has 0 unspecified atom stereocenters. The van der Waals surface area contributed by atoms with Crippen molar-refractivity contribution in [2.75, 3.05) is 14.2 Å². The summed E-state index contributed by atoms with van der Waals surface area (Å²) in [6, 6.07) is 50.3. The van der Waals surface area contributed by atoms with E-state index in [1.54, 1.807) is 14.2 Å². The van der Waals surface area contributed by atoms with E-state index < -0.39 is 0 Å². The van der Waals surface area contributed by atoms with Crippen LogP contribution in [0.5, 0.6) is 11.5 Å². The van der Waals surface area contributed by atoms with Crippen LogP contribution in [0, 0.1) is 0 Å². The van der Waals surface area contributed by atoms with Gasteiger partial charge in [0.05, 0.1) is 14.2 Å². The van der Waals surface area contributed by atoms with Gasteiger partial charge in [0, 0.05) is 84.9 Å². The normalized spacial score (nSPS) is 10.9. The van der Waals surface area contributed by atoms with E-state index >= 15 is 0 Å². The van der Waals surface area contributed by atoms with Crippen LogP contribution in [-0.4, -0.2) is 14.2 Å². The lowest BCUT2D eigenvalue weighted by Crippen LogP contribution is -2.30. The molecule has 250 valence electrons. The highest BCUT2D eigenvalue weighted by molar-refractivity contribution is 5.70. The van der Waals surface area contributed by atoms with Crippen LogP contribution in [-0.2, 0) is 0 Å². The van der Waals surface area contributed by atoms with Crippen LogP contribution in [0.25, 0.3) is 56.1 Å². The maximum absolute atomic E-state index is 5.90. The first kappa shape index (κ1) is 32.3. The Hall–Kier alpha value is -6.92. The topological polar surface area (TPSA) is 34.0 Å². The average Bonchev–Trinajstić information content (AvgIpc) is 3.24. The molecule has 0 N–H and O–H groups in total. The Labute approximate surface area is 304 Å². The van der Waals surface area contributed by atoms with Crippen LogP contribution in [0.3, 0.4) is 0 Å². The molecule has 0 spiro atoms. The summed E-state index contributed by atoms with van der Waals surface area (Å²) in [6.07, 6.45) is 16.7. The summed E-state index contributed by atoms with van der Waals surface area (Å²) in [5.74, 6) is 1.56. The predicted octanol–water partition coefficient (Wildman–Crippen LogP) is 7.81. The number of methoxy groups -OCH3 is 2. The number of pyridine rings is 4. The number of hydrogen-bond acceptors (Lipinski definition) is 2. The minimum Gasteiger partial charge on any atom is -0.490 e. The van der Waals surface area contributed by atoms with Crippen LogP contribution in [0.4, 0.5) is 0 Å². The van der Waals surface area contributed by atoms with Crippen molar-refractivity contribution < 1.29 is 27.7 Å². The quantitative estimate of drug-likeness (QED) is 0.146. The molecule has 6 nitrogen and oxygen atoms in total. The summed E-state index contributed by atoms with van der Waals surface area (Å²) in [7, 11) is 3.42. The Morgan fingerprint density at radius 3 is 0.923 bits per heavy atom. The molecule has 0 aliphatic carbocycles. The molecule has 0 bridgehead atoms. The fraction of sp³-hybridized carbons (Fsp3) is 0.0435. The Kier molecular flexibility index (Phi) is 9.01. The number of ether oxygens (including phenoxy) is 2. The lowest BCUT2D eigenvalue weighted by Gasteiger charge is -2.10. The van der Waals surface area contributed by atoms with Crippen molar-refractivity contribution in [2.24, 2.45) is 0 Å². The van der Waals surface area contributed by atoms with Gasteiger partial charge in [-0.1, -0.05) is 36.4 Å². The molecular weight excluding hydrogens is 641 g/mol. The zero-order valence-corrected chi connectivity index (χ0v) is 29.1. The average molecular weight is 679 g/mol. The third-order valence-corrected chi connectivity index (χ3v) is 9.34. The van der Waals surface area contributed by atoms with E-state index in [2.05, 4.69) is 177 Å². The van der Waals surface area contributed by atoms with E-state index in [0.717, 1.165) is 67.6 Å². The van der Waals surface area contributed by atoms with Crippen LogP contribution >= 0.6 is 0 Å². The van der Waals surface area contributed by atoms with Crippen molar-refractivity contribution in [3.8, 4) is 67.6 Å². The Morgan fingerprint density at radius 2 is 0.615 bits per heavy atom. The lowest BCUT2D eigenvalue weighted by molar-refractivity contribution is -0.596. The van der Waals surface area contributed by atoms with Crippen molar-refractivity contribution in [1.82, 2.24) is 0 Å². The summed E-state index contributed by atoms with van der Waals surface area (Å²) in [5.41, 5.74) is 10.9. The van der Waals surface area contributed by atoms with E-state index in [9.17, 15) is 0 Å². The first-order chi connectivity index (χ1) is 25.7. The zero-order valence-electron chi connectivity index (χ0n) is 29.1. The molecule has 4 aromatic heterocycles. The molecule has 8 rings (SSSR count). The third-order valence-electron chi connectivity index (χ3n) is 9.34. The zero-order chi connectivity index (χ0) is 35.3. The number of benzene rings is 4. The van der Waals surface area contributed by atoms with E-state index in [1.807, 2.05) is 36.4 Å². The van der Waals surface area contributed by atoms with Crippen molar-refractivity contribution in [3.05, 3.63) is 195 Å². The van der Waals surface area contributed by atoms with Crippen LogP contribution < -0.4 is 27.7 Å². The molecule has 0 atom stereocenters. The predicted molar refractivity (Wildman–Crippen MR) is 202 cm³/mol. The van der Waals surface area contributed by atoms with Gasteiger partial charge >= 0.3 is 0 Å². The molecule has 0 saturated carbocycles. The van der Waals surface area contributed by atoms with Gasteiger partial charge in [-0.3, -0.25) is 0 Å². The van der Waals surface area contributed by atoms with Crippen molar-refractivity contribution in [2.45, 2.75) is 0 Å². The number of hydrogen-bond donors (Lipinski definition) is 0. The molecule has 0 aliphatic heterocycles. The third kappa shape index (κ3) is 6.65. The van der Waals surface area contributed by atoms with Gasteiger partial charge in [-0.2, -0.15) is 18.3 Å². The molecule has 0 aliphatic rings. The van der Waals surface area contributed by atoms with Gasteiger partial charge in [0.25, 0.3) is 11.4 Å². The monoisotopic (exact) mass is 678 g/mol. The molecule has 0 saturated heterocycles. The Morgan fingerprint density at radius 1 is 0.308 bits per heavy atom. The summed E-state index contributed by atoms with van der Waals surface area (Å²) in [5, 5.41) is 0. The highest BCUT2D eigenvalue weighted by Crippen LogP contribution is 2.32. The first-order valence-corrected chi connectivity index (χ1v) is 17.2. The van der Waals surface area contributed by atoms with Gasteiger partial charge in [-0.05, 0) is 57.6 Å². The van der Waals surface area contributed by atoms with Gasteiger partial charge in [0.1, 0.15) is 0 Å². The maximum atomic E-state index is 5.90. The molecule has 0 radical (unpaired) electrons. The number of para-hydroxylation sites is 2. The Balaban J connectivity index is 0.995. The minimum atomic E-state index is 0.780. The van der Waals surface area contributed by atoms with Crippen molar-refractivity contribution in [1.29, 1.82) is 0 Å². The minimum absolute atomic E-state index is 0.780. The number of nitrogens with zero attached hydrogens (tertiary/aromatic N) is 4. The summed E-state index contributed by atoms with van der Waals surface area (Å²) in [6.45, 7) is 0. The van der Waals surface area contributed by atoms with E-state index in [1.165, 1.54) is 0 Å². The summed E-state index contributed by atoms with van der Waals surface area (Å²) >= 11 is 0. The van der Waals surface area contributed by atoms with Gasteiger partial charge in [0.2, 0.25) is 11.4 Å². The molecule has 0 amide bonds. The highest BCUT2D eigenvalue weighted by atomic mass is 16.5. The molecular formula is C46H38N4O2+4. The molecule has 4 heterocycles. The number of rotatable bonds is 9. The van der Waals surface area contributed by atoms with E-state index in [0.29, 0.717) is 0 Å². The van der Waals surface area contributed by atoms with Crippen molar-refractivity contribution in [3.63, 3.8) is 0 Å². The van der Waals surface area contributed by atoms with Gasteiger partial charge in [-0.25, -0.2) is 0 Å². The second-order valence-corrected chi connectivity index (χ2v) is 12.4. The van der Waals surface area contributed by atoms with Crippen LogP contribution in [0.1, 0.15) is 0 Å². The maximum Gasteiger partial charge on any atom is 0.252 e. The molecule has 0 fully saturated rings. The summed E-state index contributed by atoms with van der Waals surface area (Å²) in [4.78, 5) is 0. The smallest absolute Gasteiger partial charge is 0.252 e. The molecule has 6 heteroatoms. The highest BCUT2D eigenvalue weighted by Gasteiger charge is 2.19. The fourth-order valence-electron chi connectivity index (χ4n) is 6.48. The second-order valence-electron chi connectivity index (χ2n) is 12.4. The largest absolute Gasteiger partial charge is 0.490 e.